The standard InChI is InChI=1S/C20H22N2O4/c1-20(2,3)22-19(24)15-7-5-14(6-8-15)18(23)21-11-13-4-9-16-17(10-13)26-12-25-16/h4-10H,11-12H2,1-3H3,(H,21,23)(H,22,24). The second kappa shape index (κ2) is 7.07. The minimum Gasteiger partial charge on any atom is -0.454 e. The largest absolute Gasteiger partial charge is 0.454 e. The first-order valence-electron chi connectivity index (χ1n) is 8.41. The molecule has 2 amide bonds. The van der Waals surface area contributed by atoms with Gasteiger partial charge in [-0.25, -0.2) is 0 Å². The van der Waals surface area contributed by atoms with Crippen molar-refractivity contribution in [1.82, 2.24) is 10.6 Å². The summed E-state index contributed by atoms with van der Waals surface area (Å²) in [5.74, 6) is 1.03. The summed E-state index contributed by atoms with van der Waals surface area (Å²) in [5, 5.41) is 5.75. The number of fused-ring (bicyclic) bond motifs is 1. The lowest BCUT2D eigenvalue weighted by atomic mass is 10.1. The highest BCUT2D eigenvalue weighted by Crippen LogP contribution is 2.32. The van der Waals surface area contributed by atoms with Gasteiger partial charge < -0.3 is 20.1 Å². The average molecular weight is 354 g/mol. The first-order chi connectivity index (χ1) is 12.3. The van der Waals surface area contributed by atoms with E-state index in [9.17, 15) is 9.59 Å². The lowest BCUT2D eigenvalue weighted by Gasteiger charge is -2.20. The van der Waals surface area contributed by atoms with Gasteiger partial charge >= 0.3 is 0 Å². The number of rotatable bonds is 4. The molecule has 136 valence electrons. The van der Waals surface area contributed by atoms with Crippen LogP contribution in [0.2, 0.25) is 0 Å². The SMILES string of the molecule is CC(C)(C)NC(=O)c1ccc(C(=O)NCc2ccc3c(c2)OCO3)cc1. The predicted molar refractivity (Wildman–Crippen MR) is 97.4 cm³/mol. The fourth-order valence-electron chi connectivity index (χ4n) is 2.52. The van der Waals surface area contributed by atoms with E-state index in [0.717, 1.165) is 5.56 Å². The molecule has 0 saturated carbocycles. The molecule has 0 bridgehead atoms. The first kappa shape index (κ1) is 17.8. The number of nitrogens with one attached hydrogen (secondary N) is 2. The lowest BCUT2D eigenvalue weighted by molar-refractivity contribution is 0.0915. The van der Waals surface area contributed by atoms with E-state index in [-0.39, 0.29) is 24.1 Å². The Morgan fingerprint density at radius 2 is 1.54 bits per heavy atom. The topological polar surface area (TPSA) is 76.7 Å². The van der Waals surface area contributed by atoms with Gasteiger partial charge in [-0.1, -0.05) is 6.07 Å². The molecule has 3 rings (SSSR count). The zero-order valence-corrected chi connectivity index (χ0v) is 15.1. The number of ether oxygens (including phenoxy) is 2. The molecule has 0 radical (unpaired) electrons. The fourth-order valence-corrected chi connectivity index (χ4v) is 2.52. The zero-order chi connectivity index (χ0) is 18.7. The molecular weight excluding hydrogens is 332 g/mol. The number of benzene rings is 2. The van der Waals surface area contributed by atoms with Gasteiger partial charge in [0.15, 0.2) is 11.5 Å². The van der Waals surface area contributed by atoms with E-state index >= 15 is 0 Å². The third-order valence-electron chi connectivity index (χ3n) is 3.79. The molecule has 26 heavy (non-hydrogen) atoms. The van der Waals surface area contributed by atoms with Gasteiger partial charge in [0.2, 0.25) is 6.79 Å². The highest BCUT2D eigenvalue weighted by Gasteiger charge is 2.16. The molecule has 0 atom stereocenters. The first-order valence-corrected chi connectivity index (χ1v) is 8.41. The summed E-state index contributed by atoms with van der Waals surface area (Å²) in [6.45, 7) is 6.36. The van der Waals surface area contributed by atoms with E-state index in [4.69, 9.17) is 9.47 Å². The maximum atomic E-state index is 12.3. The third kappa shape index (κ3) is 4.33. The summed E-state index contributed by atoms with van der Waals surface area (Å²) in [6, 6.07) is 12.1. The molecule has 1 aliphatic heterocycles. The van der Waals surface area contributed by atoms with E-state index in [0.29, 0.717) is 29.2 Å². The van der Waals surface area contributed by atoms with Crippen LogP contribution in [-0.4, -0.2) is 24.1 Å². The zero-order valence-electron chi connectivity index (χ0n) is 15.1. The highest BCUT2D eigenvalue weighted by molar-refractivity contribution is 5.98. The number of hydrogen-bond acceptors (Lipinski definition) is 4. The average Bonchev–Trinajstić information content (AvgIpc) is 3.06. The second-order valence-corrected chi connectivity index (χ2v) is 7.15. The normalized spacial score (nSPS) is 12.6. The van der Waals surface area contributed by atoms with Crippen LogP contribution in [0.3, 0.4) is 0 Å². The fraction of sp³-hybridized carbons (Fsp3) is 0.300. The van der Waals surface area contributed by atoms with Crippen LogP contribution in [0.15, 0.2) is 42.5 Å². The summed E-state index contributed by atoms with van der Waals surface area (Å²) in [6.07, 6.45) is 0. The minimum absolute atomic E-state index is 0.162. The van der Waals surface area contributed by atoms with Crippen LogP contribution in [0, 0.1) is 0 Å². The number of amides is 2. The Bertz CT molecular complexity index is 823. The molecular formula is C20H22N2O4. The smallest absolute Gasteiger partial charge is 0.251 e. The van der Waals surface area contributed by atoms with Crippen LogP contribution in [0.5, 0.6) is 11.5 Å². The predicted octanol–water partition coefficient (Wildman–Crippen LogP) is 2.87. The summed E-state index contributed by atoms with van der Waals surface area (Å²) in [4.78, 5) is 24.4. The van der Waals surface area contributed by atoms with Crippen molar-refractivity contribution in [2.24, 2.45) is 0 Å². The molecule has 0 fully saturated rings. The monoisotopic (exact) mass is 354 g/mol. The van der Waals surface area contributed by atoms with Crippen molar-refractivity contribution >= 4 is 11.8 Å². The summed E-state index contributed by atoms with van der Waals surface area (Å²) in [7, 11) is 0. The highest BCUT2D eigenvalue weighted by atomic mass is 16.7. The third-order valence-corrected chi connectivity index (χ3v) is 3.79. The summed E-state index contributed by atoms with van der Waals surface area (Å²) >= 11 is 0. The van der Waals surface area contributed by atoms with Gasteiger partial charge in [0.25, 0.3) is 11.8 Å². The summed E-state index contributed by atoms with van der Waals surface area (Å²) in [5.41, 5.74) is 1.63. The Kier molecular flexibility index (Phi) is 4.84. The number of carbonyl (C=O) groups is 2. The van der Waals surface area contributed by atoms with Crippen LogP contribution in [0.25, 0.3) is 0 Å². The molecule has 0 unspecified atom stereocenters. The quantitative estimate of drug-likeness (QED) is 0.885. The molecule has 0 saturated heterocycles. The lowest BCUT2D eigenvalue weighted by Crippen LogP contribution is -2.40. The Morgan fingerprint density at radius 1 is 0.923 bits per heavy atom. The van der Waals surface area contributed by atoms with Gasteiger partial charge in [0.05, 0.1) is 0 Å². The minimum atomic E-state index is -0.308. The van der Waals surface area contributed by atoms with Crippen LogP contribution in [0.4, 0.5) is 0 Å². The number of hydrogen-bond donors (Lipinski definition) is 2. The van der Waals surface area contributed by atoms with Gasteiger partial charge in [0, 0.05) is 23.2 Å². The number of carbonyl (C=O) groups excluding carboxylic acids is 2. The molecule has 1 heterocycles. The van der Waals surface area contributed by atoms with Crippen molar-refractivity contribution in [3.8, 4) is 11.5 Å². The van der Waals surface area contributed by atoms with E-state index in [2.05, 4.69) is 10.6 Å². The van der Waals surface area contributed by atoms with Crippen LogP contribution in [-0.2, 0) is 6.54 Å². The molecule has 6 nitrogen and oxygen atoms in total. The molecule has 2 aromatic rings. The maximum absolute atomic E-state index is 12.3. The van der Waals surface area contributed by atoms with E-state index in [1.807, 2.05) is 39.0 Å². The van der Waals surface area contributed by atoms with Gasteiger partial charge in [-0.05, 0) is 62.7 Å². The van der Waals surface area contributed by atoms with Gasteiger partial charge in [-0.15, -0.1) is 0 Å². The van der Waals surface area contributed by atoms with Crippen molar-refractivity contribution in [1.29, 1.82) is 0 Å². The van der Waals surface area contributed by atoms with E-state index < -0.39 is 0 Å². The Labute approximate surface area is 152 Å². The van der Waals surface area contributed by atoms with Crippen LogP contribution in [0.1, 0.15) is 47.1 Å². The molecule has 6 heteroatoms. The maximum Gasteiger partial charge on any atom is 0.251 e. The second-order valence-electron chi connectivity index (χ2n) is 7.15. The van der Waals surface area contributed by atoms with Crippen molar-refractivity contribution in [3.63, 3.8) is 0 Å². The van der Waals surface area contributed by atoms with Crippen molar-refractivity contribution in [2.75, 3.05) is 6.79 Å². The van der Waals surface area contributed by atoms with Crippen LogP contribution < -0.4 is 20.1 Å². The molecule has 2 N–H and O–H groups in total. The molecule has 0 aliphatic carbocycles. The molecule has 1 aliphatic rings. The van der Waals surface area contributed by atoms with Crippen LogP contribution >= 0.6 is 0 Å². The molecule has 2 aromatic carbocycles. The summed E-state index contributed by atoms with van der Waals surface area (Å²) < 4.78 is 10.6. The Balaban J connectivity index is 1.59. The molecule has 0 spiro atoms. The van der Waals surface area contributed by atoms with Crippen molar-refractivity contribution < 1.29 is 19.1 Å². The Hall–Kier alpha value is -3.02. The van der Waals surface area contributed by atoms with E-state index in [1.165, 1.54) is 0 Å². The van der Waals surface area contributed by atoms with Crippen molar-refractivity contribution in [3.05, 3.63) is 59.2 Å². The molecule has 0 aromatic heterocycles. The van der Waals surface area contributed by atoms with Gasteiger partial charge in [0.1, 0.15) is 0 Å². The van der Waals surface area contributed by atoms with Crippen molar-refractivity contribution in [2.45, 2.75) is 32.9 Å². The van der Waals surface area contributed by atoms with E-state index in [1.54, 1.807) is 24.3 Å². The van der Waals surface area contributed by atoms with Gasteiger partial charge in [-0.3, -0.25) is 9.59 Å². The Morgan fingerprint density at radius 3 is 2.19 bits per heavy atom. The van der Waals surface area contributed by atoms with Gasteiger partial charge in [-0.2, -0.15) is 0 Å².